The second kappa shape index (κ2) is 8.97. The van der Waals surface area contributed by atoms with Crippen LogP contribution >= 0.6 is 0 Å². The van der Waals surface area contributed by atoms with Gasteiger partial charge in [0.1, 0.15) is 0 Å². The smallest absolute Gasteiger partial charge is 0.0105 e. The summed E-state index contributed by atoms with van der Waals surface area (Å²) in [5.41, 5.74) is 0. The fourth-order valence-corrected chi connectivity index (χ4v) is 3.61. The second-order valence-corrected chi connectivity index (χ2v) is 6.94. The summed E-state index contributed by atoms with van der Waals surface area (Å²) in [4.78, 5) is 2.56. The number of nitrogens with zero attached hydrogens (tertiary/aromatic N) is 1. The predicted octanol–water partition coefficient (Wildman–Crippen LogP) is 3.77. The van der Waals surface area contributed by atoms with Gasteiger partial charge in [-0.25, -0.2) is 0 Å². The van der Waals surface area contributed by atoms with Gasteiger partial charge in [-0.3, -0.25) is 0 Å². The van der Waals surface area contributed by atoms with Gasteiger partial charge in [0.05, 0.1) is 0 Å². The van der Waals surface area contributed by atoms with E-state index in [4.69, 9.17) is 0 Å². The van der Waals surface area contributed by atoms with Crippen LogP contribution in [0.1, 0.15) is 59.3 Å². The highest BCUT2D eigenvalue weighted by molar-refractivity contribution is 4.86. The molecule has 1 aliphatic carbocycles. The van der Waals surface area contributed by atoms with E-state index >= 15 is 0 Å². The Bertz CT molecular complexity index is 227. The number of nitrogens with one attached hydrogen (secondary N) is 1. The zero-order valence-electron chi connectivity index (χ0n) is 13.9. The van der Waals surface area contributed by atoms with Crippen molar-refractivity contribution in [2.45, 2.75) is 65.3 Å². The molecule has 0 aliphatic heterocycles. The van der Waals surface area contributed by atoms with Gasteiger partial charge in [-0.05, 0) is 64.1 Å². The molecular weight excluding hydrogens is 232 g/mol. The van der Waals surface area contributed by atoms with Gasteiger partial charge < -0.3 is 10.2 Å². The second-order valence-electron chi connectivity index (χ2n) is 6.94. The van der Waals surface area contributed by atoms with Gasteiger partial charge in [-0.2, -0.15) is 0 Å². The molecule has 114 valence electrons. The van der Waals surface area contributed by atoms with Crippen molar-refractivity contribution in [2.75, 3.05) is 27.2 Å². The molecule has 3 atom stereocenters. The van der Waals surface area contributed by atoms with Crippen LogP contribution in [0, 0.1) is 17.8 Å². The van der Waals surface area contributed by atoms with Crippen molar-refractivity contribution in [1.29, 1.82) is 0 Å². The van der Waals surface area contributed by atoms with Crippen molar-refractivity contribution >= 4 is 0 Å². The van der Waals surface area contributed by atoms with Crippen LogP contribution in [0.3, 0.4) is 0 Å². The SMILES string of the molecule is CCCCCN(C)CC1CC(C(C)C)CCC1NC. The minimum absolute atomic E-state index is 0.739. The maximum atomic E-state index is 3.56. The van der Waals surface area contributed by atoms with E-state index in [2.05, 4.69) is 45.1 Å². The largest absolute Gasteiger partial charge is 0.317 e. The van der Waals surface area contributed by atoms with E-state index in [1.165, 1.54) is 51.6 Å². The Labute approximate surface area is 121 Å². The van der Waals surface area contributed by atoms with Crippen molar-refractivity contribution in [1.82, 2.24) is 10.2 Å². The topological polar surface area (TPSA) is 15.3 Å². The maximum absolute atomic E-state index is 3.56. The Morgan fingerprint density at radius 2 is 1.95 bits per heavy atom. The van der Waals surface area contributed by atoms with E-state index in [0.717, 1.165) is 23.8 Å². The monoisotopic (exact) mass is 268 g/mol. The molecule has 0 bridgehead atoms. The average Bonchev–Trinajstić information content (AvgIpc) is 2.38. The molecule has 1 rings (SSSR count). The van der Waals surface area contributed by atoms with E-state index in [-0.39, 0.29) is 0 Å². The minimum atomic E-state index is 0.739. The quantitative estimate of drug-likeness (QED) is 0.674. The van der Waals surface area contributed by atoms with E-state index in [0.29, 0.717) is 0 Å². The lowest BCUT2D eigenvalue weighted by Gasteiger charge is -2.39. The summed E-state index contributed by atoms with van der Waals surface area (Å²) in [6.45, 7) is 9.62. The summed E-state index contributed by atoms with van der Waals surface area (Å²) in [7, 11) is 4.45. The van der Waals surface area contributed by atoms with Gasteiger partial charge in [0.25, 0.3) is 0 Å². The molecule has 2 heteroatoms. The zero-order valence-corrected chi connectivity index (χ0v) is 13.9. The molecule has 2 nitrogen and oxygen atoms in total. The molecule has 0 aromatic carbocycles. The Morgan fingerprint density at radius 3 is 2.53 bits per heavy atom. The molecule has 19 heavy (non-hydrogen) atoms. The van der Waals surface area contributed by atoms with Gasteiger partial charge >= 0.3 is 0 Å². The first-order valence-corrected chi connectivity index (χ1v) is 8.44. The molecule has 1 N–H and O–H groups in total. The number of hydrogen-bond donors (Lipinski definition) is 1. The molecule has 0 spiro atoms. The van der Waals surface area contributed by atoms with Crippen molar-refractivity contribution in [3.8, 4) is 0 Å². The highest BCUT2D eigenvalue weighted by Gasteiger charge is 2.31. The van der Waals surface area contributed by atoms with Gasteiger partial charge in [-0.15, -0.1) is 0 Å². The van der Waals surface area contributed by atoms with Gasteiger partial charge in [0.15, 0.2) is 0 Å². The van der Waals surface area contributed by atoms with E-state index in [1.807, 2.05) is 0 Å². The van der Waals surface area contributed by atoms with E-state index in [9.17, 15) is 0 Å². The Kier molecular flexibility index (Phi) is 8.01. The molecule has 0 amide bonds. The van der Waals surface area contributed by atoms with Gasteiger partial charge in [-0.1, -0.05) is 33.6 Å². The standard InChI is InChI=1S/C17H36N2/c1-6-7-8-11-19(5)13-16-12-15(14(2)3)9-10-17(16)18-4/h14-18H,6-13H2,1-5H3. The van der Waals surface area contributed by atoms with Crippen LogP contribution in [0.2, 0.25) is 0 Å². The van der Waals surface area contributed by atoms with E-state index in [1.54, 1.807) is 0 Å². The summed E-state index contributed by atoms with van der Waals surface area (Å²) >= 11 is 0. The van der Waals surface area contributed by atoms with Crippen LogP contribution in [0.4, 0.5) is 0 Å². The molecule has 1 saturated carbocycles. The molecule has 0 aromatic heterocycles. The molecular formula is C17H36N2. The van der Waals surface area contributed by atoms with Crippen LogP contribution in [-0.4, -0.2) is 38.1 Å². The first-order valence-electron chi connectivity index (χ1n) is 8.44. The van der Waals surface area contributed by atoms with Crippen molar-refractivity contribution in [3.63, 3.8) is 0 Å². The fraction of sp³-hybridized carbons (Fsp3) is 1.00. The molecule has 0 heterocycles. The lowest BCUT2D eigenvalue weighted by atomic mass is 9.73. The summed E-state index contributed by atoms with van der Waals surface area (Å²) in [5, 5.41) is 3.56. The first-order chi connectivity index (χ1) is 9.08. The van der Waals surface area contributed by atoms with Gasteiger partial charge in [0, 0.05) is 12.6 Å². The first kappa shape index (κ1) is 17.0. The third-order valence-electron chi connectivity index (χ3n) is 5.03. The highest BCUT2D eigenvalue weighted by Crippen LogP contribution is 2.34. The number of hydrogen-bond acceptors (Lipinski definition) is 2. The molecule has 1 aliphatic rings. The van der Waals surface area contributed by atoms with Crippen molar-refractivity contribution < 1.29 is 0 Å². The van der Waals surface area contributed by atoms with Gasteiger partial charge in [0.2, 0.25) is 0 Å². The lowest BCUT2D eigenvalue weighted by molar-refractivity contribution is 0.135. The van der Waals surface area contributed by atoms with Crippen LogP contribution in [-0.2, 0) is 0 Å². The number of rotatable bonds is 8. The highest BCUT2D eigenvalue weighted by atomic mass is 15.1. The van der Waals surface area contributed by atoms with Crippen molar-refractivity contribution in [2.24, 2.45) is 17.8 Å². The molecule has 3 unspecified atom stereocenters. The Morgan fingerprint density at radius 1 is 1.21 bits per heavy atom. The molecule has 0 aromatic rings. The third-order valence-corrected chi connectivity index (χ3v) is 5.03. The summed E-state index contributed by atoms with van der Waals surface area (Å²) in [6.07, 6.45) is 8.26. The van der Waals surface area contributed by atoms with Crippen molar-refractivity contribution in [3.05, 3.63) is 0 Å². The third kappa shape index (κ3) is 5.83. The summed E-state index contributed by atoms with van der Waals surface area (Å²) < 4.78 is 0. The molecule has 0 radical (unpaired) electrons. The molecule has 0 saturated heterocycles. The minimum Gasteiger partial charge on any atom is -0.317 e. The Balaban J connectivity index is 2.41. The Hall–Kier alpha value is -0.0800. The normalized spacial score (nSPS) is 28.3. The summed E-state index contributed by atoms with van der Waals surface area (Å²) in [6, 6.07) is 0.739. The van der Waals surface area contributed by atoms with Crippen LogP contribution in [0.5, 0.6) is 0 Å². The zero-order chi connectivity index (χ0) is 14.3. The van der Waals surface area contributed by atoms with E-state index < -0.39 is 0 Å². The maximum Gasteiger partial charge on any atom is 0.0105 e. The number of unbranched alkanes of at least 4 members (excludes halogenated alkanes) is 2. The molecule has 1 fully saturated rings. The lowest BCUT2D eigenvalue weighted by Crippen LogP contribution is -2.44. The van der Waals surface area contributed by atoms with Crippen LogP contribution in [0.15, 0.2) is 0 Å². The van der Waals surface area contributed by atoms with Crippen LogP contribution in [0.25, 0.3) is 0 Å². The summed E-state index contributed by atoms with van der Waals surface area (Å²) in [5.74, 6) is 2.64. The van der Waals surface area contributed by atoms with Crippen LogP contribution < -0.4 is 5.32 Å². The predicted molar refractivity (Wildman–Crippen MR) is 85.5 cm³/mol. The average molecular weight is 268 g/mol. The fourth-order valence-electron chi connectivity index (χ4n) is 3.61.